The van der Waals surface area contributed by atoms with Gasteiger partial charge in [-0.15, -0.1) is 0 Å². The van der Waals surface area contributed by atoms with E-state index in [0.29, 0.717) is 0 Å². The maximum Gasteiger partial charge on any atom is 0.311 e. The third kappa shape index (κ3) is 3.43. The second-order valence-electron chi connectivity index (χ2n) is 3.69. The van der Waals surface area contributed by atoms with Crippen LogP contribution >= 0.6 is 0 Å². The second kappa shape index (κ2) is 6.17. The lowest BCUT2D eigenvalue weighted by atomic mass is 10.1. The molecule has 0 atom stereocenters. The number of aryl methyl sites for hydroxylation is 1. The van der Waals surface area contributed by atoms with E-state index >= 15 is 0 Å². The summed E-state index contributed by atoms with van der Waals surface area (Å²) in [6.45, 7) is 2.97. The van der Waals surface area contributed by atoms with Crippen molar-refractivity contribution in [1.29, 1.82) is 0 Å². The minimum absolute atomic E-state index is 0.0212. The van der Waals surface area contributed by atoms with Gasteiger partial charge in [-0.25, -0.2) is 8.78 Å². The standard InChI is InChI=1S/C11H12F2N2O4/c1-3-19-8(16)4-7-9(11(12)13)10(15(17)18)6(2)5-14-7/h5,11H,3-4H2,1-2H3. The molecule has 104 valence electrons. The van der Waals surface area contributed by atoms with Gasteiger partial charge in [-0.05, 0) is 13.8 Å². The summed E-state index contributed by atoms with van der Waals surface area (Å²) in [7, 11) is 0. The van der Waals surface area contributed by atoms with E-state index in [2.05, 4.69) is 9.72 Å². The summed E-state index contributed by atoms with van der Waals surface area (Å²) in [4.78, 5) is 24.9. The first-order valence-electron chi connectivity index (χ1n) is 5.45. The van der Waals surface area contributed by atoms with Gasteiger partial charge in [0.05, 0.1) is 23.6 Å². The summed E-state index contributed by atoms with van der Waals surface area (Å²) in [5, 5.41) is 10.8. The van der Waals surface area contributed by atoms with E-state index < -0.39 is 35.0 Å². The van der Waals surface area contributed by atoms with Gasteiger partial charge in [0.25, 0.3) is 12.1 Å². The van der Waals surface area contributed by atoms with Crippen LogP contribution in [0.2, 0.25) is 0 Å². The van der Waals surface area contributed by atoms with Gasteiger partial charge in [-0.1, -0.05) is 0 Å². The van der Waals surface area contributed by atoms with Crippen molar-refractivity contribution < 1.29 is 23.2 Å². The average Bonchev–Trinajstić information content (AvgIpc) is 2.30. The van der Waals surface area contributed by atoms with Gasteiger partial charge in [0, 0.05) is 11.8 Å². The van der Waals surface area contributed by atoms with Crippen molar-refractivity contribution in [2.75, 3.05) is 6.61 Å². The third-order valence-corrected chi connectivity index (χ3v) is 2.37. The molecule has 1 aromatic rings. The van der Waals surface area contributed by atoms with Gasteiger partial charge in [0.15, 0.2) is 0 Å². The number of halogens is 2. The van der Waals surface area contributed by atoms with Gasteiger partial charge in [-0.3, -0.25) is 19.9 Å². The quantitative estimate of drug-likeness (QED) is 0.467. The van der Waals surface area contributed by atoms with Crippen LogP contribution in [0.3, 0.4) is 0 Å². The highest BCUT2D eigenvalue weighted by atomic mass is 19.3. The molecule has 0 amide bonds. The van der Waals surface area contributed by atoms with E-state index in [1.165, 1.54) is 6.92 Å². The number of esters is 1. The van der Waals surface area contributed by atoms with Crippen molar-refractivity contribution in [1.82, 2.24) is 4.98 Å². The topological polar surface area (TPSA) is 82.3 Å². The monoisotopic (exact) mass is 274 g/mol. The molecule has 0 fully saturated rings. The van der Waals surface area contributed by atoms with Crippen molar-refractivity contribution >= 4 is 11.7 Å². The number of alkyl halides is 2. The first-order valence-corrected chi connectivity index (χ1v) is 5.45. The third-order valence-electron chi connectivity index (χ3n) is 2.37. The zero-order valence-electron chi connectivity index (χ0n) is 10.4. The molecule has 0 aromatic carbocycles. The maximum absolute atomic E-state index is 13.0. The summed E-state index contributed by atoms with van der Waals surface area (Å²) in [6, 6.07) is 0. The number of carbonyl (C=O) groups is 1. The predicted molar refractivity (Wildman–Crippen MR) is 60.9 cm³/mol. The zero-order chi connectivity index (χ0) is 14.6. The summed E-state index contributed by atoms with van der Waals surface area (Å²) in [5.74, 6) is -0.755. The van der Waals surface area contributed by atoms with Crippen LogP contribution in [0.5, 0.6) is 0 Å². The Morgan fingerprint density at radius 1 is 1.58 bits per heavy atom. The van der Waals surface area contributed by atoms with Crippen LogP contribution in [0.1, 0.15) is 30.2 Å². The molecule has 0 unspecified atom stereocenters. The molecule has 0 aliphatic rings. The Morgan fingerprint density at radius 2 is 2.21 bits per heavy atom. The van der Waals surface area contributed by atoms with Crippen LogP contribution in [-0.4, -0.2) is 22.5 Å². The second-order valence-corrected chi connectivity index (χ2v) is 3.69. The summed E-state index contributed by atoms with van der Waals surface area (Å²) in [6.07, 6.45) is -2.51. The lowest BCUT2D eigenvalue weighted by molar-refractivity contribution is -0.387. The Hall–Kier alpha value is -2.12. The molecular weight excluding hydrogens is 262 g/mol. The molecule has 0 aliphatic carbocycles. The number of carbonyl (C=O) groups excluding carboxylic acids is 1. The molecule has 0 N–H and O–H groups in total. The van der Waals surface area contributed by atoms with Crippen molar-refractivity contribution in [3.05, 3.63) is 33.1 Å². The molecule has 0 spiro atoms. The summed E-state index contributed by atoms with van der Waals surface area (Å²) < 4.78 is 30.6. The number of nitrogens with zero attached hydrogens (tertiary/aromatic N) is 2. The predicted octanol–water partition coefficient (Wildman–Crippen LogP) is 2.34. The van der Waals surface area contributed by atoms with E-state index in [1.54, 1.807) is 6.92 Å². The molecule has 19 heavy (non-hydrogen) atoms. The molecule has 6 nitrogen and oxygen atoms in total. The molecule has 0 saturated heterocycles. The van der Waals surface area contributed by atoms with Crippen LogP contribution in [0.4, 0.5) is 14.5 Å². The van der Waals surface area contributed by atoms with Crippen LogP contribution in [0.25, 0.3) is 0 Å². The number of aromatic nitrogens is 1. The minimum atomic E-state index is -3.09. The van der Waals surface area contributed by atoms with E-state index in [0.717, 1.165) is 6.20 Å². The summed E-state index contributed by atoms with van der Waals surface area (Å²) >= 11 is 0. The number of hydrogen-bond acceptors (Lipinski definition) is 5. The van der Waals surface area contributed by atoms with Crippen LogP contribution in [0, 0.1) is 17.0 Å². The molecule has 8 heteroatoms. The zero-order valence-corrected chi connectivity index (χ0v) is 10.4. The average molecular weight is 274 g/mol. The Balaban J connectivity index is 3.28. The fourth-order valence-corrected chi connectivity index (χ4v) is 1.62. The van der Waals surface area contributed by atoms with E-state index in [9.17, 15) is 23.7 Å². The van der Waals surface area contributed by atoms with E-state index in [4.69, 9.17) is 0 Å². The maximum atomic E-state index is 13.0. The Labute approximate surface area is 107 Å². The lowest BCUT2D eigenvalue weighted by Crippen LogP contribution is -2.13. The smallest absolute Gasteiger partial charge is 0.311 e. The SMILES string of the molecule is CCOC(=O)Cc1ncc(C)c([N+](=O)[O-])c1C(F)F. The van der Waals surface area contributed by atoms with Gasteiger partial charge in [0.2, 0.25) is 0 Å². The Bertz CT molecular complexity index is 506. The number of rotatable bonds is 5. The number of hydrogen-bond donors (Lipinski definition) is 0. The van der Waals surface area contributed by atoms with Gasteiger partial charge >= 0.3 is 5.97 Å². The van der Waals surface area contributed by atoms with Crippen molar-refractivity contribution in [2.24, 2.45) is 0 Å². The van der Waals surface area contributed by atoms with Crippen LogP contribution in [0.15, 0.2) is 6.20 Å². The summed E-state index contributed by atoms with van der Waals surface area (Å²) in [5.41, 5.74) is -1.83. The van der Waals surface area contributed by atoms with E-state index in [1.807, 2.05) is 0 Å². The normalized spacial score (nSPS) is 10.6. The first-order chi connectivity index (χ1) is 8.88. The molecule has 0 radical (unpaired) electrons. The largest absolute Gasteiger partial charge is 0.466 e. The van der Waals surface area contributed by atoms with Crippen molar-refractivity contribution in [2.45, 2.75) is 26.7 Å². The highest BCUT2D eigenvalue weighted by molar-refractivity contribution is 5.73. The molecule has 1 heterocycles. The van der Waals surface area contributed by atoms with Crippen molar-refractivity contribution in [3.63, 3.8) is 0 Å². The fourth-order valence-electron chi connectivity index (χ4n) is 1.62. The molecule has 0 saturated carbocycles. The van der Waals surface area contributed by atoms with Crippen molar-refractivity contribution in [3.8, 4) is 0 Å². The van der Waals surface area contributed by atoms with E-state index in [-0.39, 0.29) is 17.9 Å². The fraction of sp³-hybridized carbons (Fsp3) is 0.455. The van der Waals surface area contributed by atoms with Gasteiger partial charge in [0.1, 0.15) is 5.56 Å². The highest BCUT2D eigenvalue weighted by Crippen LogP contribution is 2.33. The van der Waals surface area contributed by atoms with Crippen LogP contribution in [-0.2, 0) is 16.0 Å². The van der Waals surface area contributed by atoms with Gasteiger partial charge < -0.3 is 4.74 Å². The molecule has 0 bridgehead atoms. The number of nitro groups is 1. The lowest BCUT2D eigenvalue weighted by Gasteiger charge is -2.09. The molecular formula is C11H12F2N2O4. The molecule has 1 rings (SSSR count). The Morgan fingerprint density at radius 3 is 2.68 bits per heavy atom. The highest BCUT2D eigenvalue weighted by Gasteiger charge is 2.29. The Kier molecular flexibility index (Phi) is 4.85. The minimum Gasteiger partial charge on any atom is -0.466 e. The first kappa shape index (κ1) is 14.9. The molecule has 0 aliphatic heterocycles. The number of ether oxygens (including phenoxy) is 1. The van der Waals surface area contributed by atoms with Gasteiger partial charge in [-0.2, -0.15) is 0 Å². The molecule has 1 aromatic heterocycles. The number of pyridine rings is 1. The van der Waals surface area contributed by atoms with Crippen LogP contribution < -0.4 is 0 Å².